The Hall–Kier alpha value is -2.47. The molecule has 6 nitrogen and oxygen atoms in total. The van der Waals surface area contributed by atoms with Crippen LogP contribution in [0.25, 0.3) is 0 Å². The van der Waals surface area contributed by atoms with E-state index in [4.69, 9.17) is 15.2 Å². The number of carbonyl (C=O) groups is 1. The molecule has 2 rings (SSSR count). The highest BCUT2D eigenvalue weighted by atomic mass is 35.5. The summed E-state index contributed by atoms with van der Waals surface area (Å²) in [5.41, 5.74) is 6.88. The molecular formula is C16H20ClN3O3. The van der Waals surface area contributed by atoms with Gasteiger partial charge in [-0.3, -0.25) is 4.79 Å². The molecule has 2 aromatic rings. The normalized spacial score (nSPS) is 9.65. The molecule has 0 aliphatic rings. The molecule has 7 heteroatoms. The first-order valence-electron chi connectivity index (χ1n) is 7.06. The largest absolute Gasteiger partial charge is 0.494 e. The lowest BCUT2D eigenvalue weighted by Gasteiger charge is -2.13. The average Bonchev–Trinajstić information content (AvgIpc) is 2.51. The van der Waals surface area contributed by atoms with Crippen molar-refractivity contribution in [2.24, 2.45) is 0 Å². The minimum Gasteiger partial charge on any atom is -0.494 e. The Bertz CT molecular complexity index is 648. The third-order valence-electron chi connectivity index (χ3n) is 2.83. The van der Waals surface area contributed by atoms with Crippen LogP contribution >= 0.6 is 12.4 Å². The van der Waals surface area contributed by atoms with E-state index in [1.54, 1.807) is 30.3 Å². The summed E-state index contributed by atoms with van der Waals surface area (Å²) in [5.74, 6) is 0.899. The van der Waals surface area contributed by atoms with Crippen LogP contribution in [0.4, 0.5) is 11.4 Å². The first-order valence-corrected chi connectivity index (χ1v) is 7.06. The van der Waals surface area contributed by atoms with Gasteiger partial charge in [0.1, 0.15) is 17.2 Å². The van der Waals surface area contributed by atoms with Crippen molar-refractivity contribution >= 4 is 29.7 Å². The summed E-state index contributed by atoms with van der Waals surface area (Å²) in [7, 11) is 0. The number of hydrogen-bond donors (Lipinski definition) is 2. The standard InChI is InChI=1S/C16H19N3O3.ClH/c1-3-21-12-6-8-15(22-4-2)14(9-12)19-16(20)13-7-5-11(17)10-18-13;/h5-10H,3-4,17H2,1-2H3,(H,19,20);1H. The van der Waals surface area contributed by atoms with E-state index < -0.39 is 0 Å². The maximum atomic E-state index is 12.2. The number of amides is 1. The van der Waals surface area contributed by atoms with Gasteiger partial charge >= 0.3 is 0 Å². The van der Waals surface area contributed by atoms with Crippen LogP contribution in [0, 0.1) is 0 Å². The molecule has 0 bridgehead atoms. The molecule has 1 amide bonds. The minimum atomic E-state index is -0.338. The fourth-order valence-electron chi connectivity index (χ4n) is 1.87. The molecule has 0 aliphatic heterocycles. The highest BCUT2D eigenvalue weighted by Crippen LogP contribution is 2.29. The van der Waals surface area contributed by atoms with Gasteiger partial charge in [-0.05, 0) is 38.1 Å². The van der Waals surface area contributed by atoms with Crippen LogP contribution in [0.15, 0.2) is 36.5 Å². The van der Waals surface area contributed by atoms with Gasteiger partial charge < -0.3 is 20.5 Å². The van der Waals surface area contributed by atoms with Crippen molar-refractivity contribution < 1.29 is 14.3 Å². The molecule has 1 aromatic heterocycles. The van der Waals surface area contributed by atoms with E-state index >= 15 is 0 Å². The number of aromatic nitrogens is 1. The number of nitrogens with two attached hydrogens (primary N) is 1. The molecule has 23 heavy (non-hydrogen) atoms. The quantitative estimate of drug-likeness (QED) is 0.845. The maximum absolute atomic E-state index is 12.2. The van der Waals surface area contributed by atoms with E-state index in [1.807, 2.05) is 13.8 Å². The second kappa shape index (κ2) is 8.85. The summed E-state index contributed by atoms with van der Waals surface area (Å²) < 4.78 is 11.0. The minimum absolute atomic E-state index is 0. The van der Waals surface area contributed by atoms with Gasteiger partial charge in [-0.1, -0.05) is 0 Å². The van der Waals surface area contributed by atoms with E-state index in [-0.39, 0.29) is 24.0 Å². The van der Waals surface area contributed by atoms with Crippen LogP contribution in [-0.2, 0) is 0 Å². The fraction of sp³-hybridized carbons (Fsp3) is 0.250. The lowest BCUT2D eigenvalue weighted by atomic mass is 10.2. The average molecular weight is 338 g/mol. The van der Waals surface area contributed by atoms with E-state index in [9.17, 15) is 4.79 Å². The number of carbonyl (C=O) groups excluding carboxylic acids is 1. The number of nitrogen functional groups attached to an aromatic ring is 1. The number of anilines is 2. The van der Waals surface area contributed by atoms with Gasteiger partial charge in [-0.2, -0.15) is 0 Å². The molecule has 0 unspecified atom stereocenters. The van der Waals surface area contributed by atoms with E-state index in [0.29, 0.717) is 36.1 Å². The van der Waals surface area contributed by atoms with E-state index in [2.05, 4.69) is 10.3 Å². The predicted molar refractivity (Wildman–Crippen MR) is 92.6 cm³/mol. The second-order valence-corrected chi connectivity index (χ2v) is 4.45. The fourth-order valence-corrected chi connectivity index (χ4v) is 1.87. The van der Waals surface area contributed by atoms with Crippen LogP contribution in [0.2, 0.25) is 0 Å². The van der Waals surface area contributed by atoms with Gasteiger partial charge in [-0.15, -0.1) is 12.4 Å². The Kier molecular flexibility index (Phi) is 7.15. The Morgan fingerprint density at radius 1 is 1.17 bits per heavy atom. The molecular weight excluding hydrogens is 318 g/mol. The molecule has 0 atom stereocenters. The zero-order valence-corrected chi connectivity index (χ0v) is 13.9. The van der Waals surface area contributed by atoms with Gasteiger partial charge in [0.2, 0.25) is 0 Å². The molecule has 0 saturated carbocycles. The number of pyridine rings is 1. The number of nitrogens with zero attached hydrogens (tertiary/aromatic N) is 1. The Balaban J connectivity index is 0.00000264. The van der Waals surface area contributed by atoms with E-state index in [0.717, 1.165) is 0 Å². The summed E-state index contributed by atoms with van der Waals surface area (Å²) in [6.07, 6.45) is 1.44. The SMILES string of the molecule is CCOc1ccc(OCC)c(NC(=O)c2ccc(N)cn2)c1.Cl. The molecule has 1 aromatic carbocycles. The number of halogens is 1. The zero-order chi connectivity index (χ0) is 15.9. The Morgan fingerprint density at radius 2 is 1.91 bits per heavy atom. The summed E-state index contributed by atoms with van der Waals surface area (Å²) in [6, 6.07) is 8.48. The number of nitrogens with one attached hydrogen (secondary N) is 1. The van der Waals surface area contributed by atoms with Crippen molar-refractivity contribution in [3.8, 4) is 11.5 Å². The first-order chi connectivity index (χ1) is 10.6. The monoisotopic (exact) mass is 337 g/mol. The highest BCUT2D eigenvalue weighted by Gasteiger charge is 2.12. The lowest BCUT2D eigenvalue weighted by Crippen LogP contribution is -2.14. The smallest absolute Gasteiger partial charge is 0.274 e. The van der Waals surface area contributed by atoms with Crippen molar-refractivity contribution in [1.82, 2.24) is 4.98 Å². The van der Waals surface area contributed by atoms with Gasteiger partial charge in [-0.25, -0.2) is 4.98 Å². The molecule has 1 heterocycles. The summed E-state index contributed by atoms with van der Waals surface area (Å²) in [4.78, 5) is 16.2. The number of rotatable bonds is 6. The molecule has 3 N–H and O–H groups in total. The Morgan fingerprint density at radius 3 is 2.52 bits per heavy atom. The first kappa shape index (κ1) is 18.6. The molecule has 0 saturated heterocycles. The summed E-state index contributed by atoms with van der Waals surface area (Å²) in [5, 5.41) is 2.78. The van der Waals surface area contributed by atoms with Crippen molar-refractivity contribution in [1.29, 1.82) is 0 Å². The van der Waals surface area contributed by atoms with Gasteiger partial charge in [0.25, 0.3) is 5.91 Å². The van der Waals surface area contributed by atoms with E-state index in [1.165, 1.54) is 6.20 Å². The molecule has 0 radical (unpaired) electrons. The second-order valence-electron chi connectivity index (χ2n) is 4.45. The third kappa shape index (κ3) is 5.03. The maximum Gasteiger partial charge on any atom is 0.274 e. The molecule has 0 fully saturated rings. The van der Waals surface area contributed by atoms with Crippen LogP contribution in [-0.4, -0.2) is 24.1 Å². The van der Waals surface area contributed by atoms with Gasteiger partial charge in [0.15, 0.2) is 0 Å². The van der Waals surface area contributed by atoms with Crippen molar-refractivity contribution in [2.75, 3.05) is 24.3 Å². The Labute approximate surface area is 141 Å². The molecule has 124 valence electrons. The highest BCUT2D eigenvalue weighted by molar-refractivity contribution is 6.03. The van der Waals surface area contributed by atoms with Crippen LogP contribution in [0.1, 0.15) is 24.3 Å². The molecule has 0 aliphatic carbocycles. The van der Waals surface area contributed by atoms with Crippen LogP contribution < -0.4 is 20.5 Å². The number of hydrogen-bond acceptors (Lipinski definition) is 5. The molecule has 0 spiro atoms. The summed E-state index contributed by atoms with van der Waals surface area (Å²) in [6.45, 7) is 4.81. The van der Waals surface area contributed by atoms with Gasteiger partial charge in [0.05, 0.1) is 30.8 Å². The van der Waals surface area contributed by atoms with Crippen LogP contribution in [0.3, 0.4) is 0 Å². The predicted octanol–water partition coefficient (Wildman–Crippen LogP) is 3.14. The third-order valence-corrected chi connectivity index (χ3v) is 2.83. The zero-order valence-electron chi connectivity index (χ0n) is 13.0. The number of benzene rings is 1. The van der Waals surface area contributed by atoms with Crippen molar-refractivity contribution in [3.63, 3.8) is 0 Å². The van der Waals surface area contributed by atoms with Gasteiger partial charge in [0, 0.05) is 6.07 Å². The van der Waals surface area contributed by atoms with Crippen molar-refractivity contribution in [2.45, 2.75) is 13.8 Å². The number of ether oxygens (including phenoxy) is 2. The lowest BCUT2D eigenvalue weighted by molar-refractivity contribution is 0.102. The summed E-state index contributed by atoms with van der Waals surface area (Å²) >= 11 is 0. The topological polar surface area (TPSA) is 86.5 Å². The van der Waals surface area contributed by atoms with Crippen molar-refractivity contribution in [3.05, 3.63) is 42.2 Å². The van der Waals surface area contributed by atoms with Crippen LogP contribution in [0.5, 0.6) is 11.5 Å².